The lowest BCUT2D eigenvalue weighted by molar-refractivity contribution is -0.137. The summed E-state index contributed by atoms with van der Waals surface area (Å²) in [5.41, 5.74) is 1.36. The first-order valence-corrected chi connectivity index (χ1v) is 6.75. The maximum Gasteiger partial charge on any atom is 0.323 e. The minimum absolute atomic E-state index is 0.116. The Bertz CT molecular complexity index is 735. The predicted molar refractivity (Wildman–Crippen MR) is 81.5 cm³/mol. The Balaban J connectivity index is 2.15. The summed E-state index contributed by atoms with van der Waals surface area (Å²) in [6, 6.07) is 6.34. The number of carbonyl (C=O) groups is 3. The molecule has 3 N–H and O–H groups in total. The molecular formula is C15H17N3O4. The number of amides is 2. The van der Waals surface area contributed by atoms with Gasteiger partial charge in [-0.15, -0.1) is 0 Å². The summed E-state index contributed by atoms with van der Waals surface area (Å²) in [4.78, 5) is 33.6. The Morgan fingerprint density at radius 3 is 2.64 bits per heavy atom. The van der Waals surface area contributed by atoms with E-state index in [9.17, 15) is 14.4 Å². The molecule has 2 amide bonds. The van der Waals surface area contributed by atoms with E-state index < -0.39 is 12.0 Å². The first kappa shape index (κ1) is 15.6. The number of hydrogen-bond donors (Lipinski definition) is 3. The molecule has 2 rings (SSSR count). The first-order chi connectivity index (χ1) is 10.4. The number of hydrogen-bond acceptors (Lipinski definition) is 3. The van der Waals surface area contributed by atoms with Gasteiger partial charge in [-0.2, -0.15) is 0 Å². The monoisotopic (exact) mass is 303 g/mol. The van der Waals surface area contributed by atoms with E-state index >= 15 is 0 Å². The number of nitrogens with zero attached hydrogens (tertiary/aromatic N) is 1. The number of rotatable bonds is 5. The summed E-state index contributed by atoms with van der Waals surface area (Å²) >= 11 is 0. The van der Waals surface area contributed by atoms with E-state index in [0.29, 0.717) is 5.69 Å². The van der Waals surface area contributed by atoms with Crippen molar-refractivity contribution in [1.29, 1.82) is 0 Å². The fraction of sp³-hybridized carbons (Fsp3) is 0.267. The smallest absolute Gasteiger partial charge is 0.323 e. The zero-order valence-corrected chi connectivity index (χ0v) is 12.3. The van der Waals surface area contributed by atoms with Gasteiger partial charge in [0.1, 0.15) is 12.6 Å². The van der Waals surface area contributed by atoms with Gasteiger partial charge in [0.2, 0.25) is 11.8 Å². The average molecular weight is 303 g/mol. The summed E-state index contributed by atoms with van der Waals surface area (Å²) in [5, 5.41) is 14.9. The quantitative estimate of drug-likeness (QED) is 0.772. The number of carboxylic acids is 1. The van der Waals surface area contributed by atoms with Crippen LogP contribution in [0.4, 0.5) is 5.69 Å². The molecule has 7 heteroatoms. The van der Waals surface area contributed by atoms with E-state index in [2.05, 4.69) is 10.6 Å². The third kappa shape index (κ3) is 3.63. The van der Waals surface area contributed by atoms with Crippen LogP contribution in [0.1, 0.15) is 13.8 Å². The zero-order valence-electron chi connectivity index (χ0n) is 12.3. The van der Waals surface area contributed by atoms with Crippen LogP contribution in [0.3, 0.4) is 0 Å². The van der Waals surface area contributed by atoms with Crippen molar-refractivity contribution in [3.05, 3.63) is 30.5 Å². The van der Waals surface area contributed by atoms with Crippen LogP contribution >= 0.6 is 0 Å². The van der Waals surface area contributed by atoms with Gasteiger partial charge < -0.3 is 20.3 Å². The van der Waals surface area contributed by atoms with Gasteiger partial charge >= 0.3 is 5.97 Å². The highest BCUT2D eigenvalue weighted by Gasteiger charge is 2.14. The second kappa shape index (κ2) is 6.30. The fourth-order valence-electron chi connectivity index (χ4n) is 2.18. The molecule has 1 atom stereocenters. The Morgan fingerprint density at radius 1 is 1.27 bits per heavy atom. The van der Waals surface area contributed by atoms with Crippen molar-refractivity contribution in [2.24, 2.45) is 0 Å². The highest BCUT2D eigenvalue weighted by molar-refractivity contribution is 5.98. The molecule has 0 aliphatic rings. The molecule has 0 aliphatic heterocycles. The summed E-state index contributed by atoms with van der Waals surface area (Å²) in [7, 11) is 0. The second-order valence-electron chi connectivity index (χ2n) is 5.02. The van der Waals surface area contributed by atoms with Crippen LogP contribution in [0.25, 0.3) is 10.9 Å². The Labute approximate surface area is 126 Å². The summed E-state index contributed by atoms with van der Waals surface area (Å²) in [6.45, 7) is 2.83. The zero-order chi connectivity index (χ0) is 16.3. The average Bonchev–Trinajstić information content (AvgIpc) is 2.79. The van der Waals surface area contributed by atoms with Crippen molar-refractivity contribution in [1.82, 2.24) is 9.88 Å². The highest BCUT2D eigenvalue weighted by atomic mass is 16.4. The largest absolute Gasteiger partial charge is 0.480 e. The van der Waals surface area contributed by atoms with Crippen molar-refractivity contribution < 1.29 is 19.5 Å². The van der Waals surface area contributed by atoms with E-state index in [1.807, 2.05) is 0 Å². The number of nitrogens with one attached hydrogen (secondary N) is 2. The Hall–Kier alpha value is -2.83. The molecule has 0 radical (unpaired) electrons. The highest BCUT2D eigenvalue weighted by Crippen LogP contribution is 2.20. The molecule has 1 aromatic carbocycles. The van der Waals surface area contributed by atoms with Gasteiger partial charge in [0.15, 0.2) is 0 Å². The number of aromatic nitrogens is 1. The van der Waals surface area contributed by atoms with Crippen LogP contribution in [0, 0.1) is 0 Å². The molecule has 7 nitrogen and oxygen atoms in total. The number of anilines is 1. The van der Waals surface area contributed by atoms with Crippen LogP contribution < -0.4 is 10.6 Å². The van der Waals surface area contributed by atoms with Gasteiger partial charge in [0.25, 0.3) is 0 Å². The van der Waals surface area contributed by atoms with Crippen molar-refractivity contribution >= 4 is 34.4 Å². The van der Waals surface area contributed by atoms with Crippen LogP contribution in [0.2, 0.25) is 0 Å². The van der Waals surface area contributed by atoms with Gasteiger partial charge in [-0.3, -0.25) is 14.4 Å². The number of fused-ring (bicyclic) bond motifs is 1. The third-order valence-corrected chi connectivity index (χ3v) is 3.16. The lowest BCUT2D eigenvalue weighted by Crippen LogP contribution is -2.40. The van der Waals surface area contributed by atoms with Gasteiger partial charge in [0, 0.05) is 29.7 Å². The maximum atomic E-state index is 11.9. The van der Waals surface area contributed by atoms with Gasteiger partial charge in [-0.05, 0) is 31.2 Å². The lowest BCUT2D eigenvalue weighted by Gasteiger charge is -2.13. The van der Waals surface area contributed by atoms with Gasteiger partial charge in [-0.1, -0.05) is 0 Å². The minimum atomic E-state index is -0.918. The van der Waals surface area contributed by atoms with Crippen LogP contribution in [-0.4, -0.2) is 33.5 Å². The number of aliphatic carboxylic acids is 1. The predicted octanol–water partition coefficient (Wildman–Crippen LogP) is 1.19. The molecule has 0 saturated carbocycles. The summed E-state index contributed by atoms with van der Waals surface area (Å²) < 4.78 is 1.61. The van der Waals surface area contributed by atoms with E-state index in [0.717, 1.165) is 10.9 Å². The van der Waals surface area contributed by atoms with E-state index in [4.69, 9.17) is 5.11 Å². The molecule has 2 aromatic rings. The van der Waals surface area contributed by atoms with Crippen LogP contribution in [-0.2, 0) is 20.9 Å². The molecule has 0 fully saturated rings. The van der Waals surface area contributed by atoms with Crippen molar-refractivity contribution in [2.45, 2.75) is 26.4 Å². The van der Waals surface area contributed by atoms with Crippen LogP contribution in [0.5, 0.6) is 0 Å². The summed E-state index contributed by atoms with van der Waals surface area (Å²) in [5.74, 6) is -1.51. The number of benzene rings is 1. The second-order valence-corrected chi connectivity index (χ2v) is 5.02. The van der Waals surface area contributed by atoms with Gasteiger partial charge in [0.05, 0.1) is 0 Å². The normalized spacial score (nSPS) is 11.9. The minimum Gasteiger partial charge on any atom is -0.480 e. The first-order valence-electron chi connectivity index (χ1n) is 6.75. The van der Waals surface area contributed by atoms with Crippen molar-refractivity contribution in [3.8, 4) is 0 Å². The van der Waals surface area contributed by atoms with E-state index in [1.54, 1.807) is 42.0 Å². The number of carbonyl (C=O) groups excluding carboxylic acids is 2. The lowest BCUT2D eigenvalue weighted by atomic mass is 10.2. The van der Waals surface area contributed by atoms with E-state index in [-0.39, 0.29) is 18.4 Å². The van der Waals surface area contributed by atoms with Crippen LogP contribution in [0.15, 0.2) is 30.5 Å². The molecule has 0 aliphatic carbocycles. The topological polar surface area (TPSA) is 100 Å². The summed E-state index contributed by atoms with van der Waals surface area (Å²) in [6.07, 6.45) is 1.68. The molecule has 0 bridgehead atoms. The molecular weight excluding hydrogens is 286 g/mol. The molecule has 1 aromatic heterocycles. The maximum absolute atomic E-state index is 11.9. The molecule has 1 unspecified atom stereocenters. The molecule has 0 spiro atoms. The molecule has 1 heterocycles. The third-order valence-electron chi connectivity index (χ3n) is 3.16. The Morgan fingerprint density at radius 2 is 2.00 bits per heavy atom. The van der Waals surface area contributed by atoms with Crippen molar-refractivity contribution in [2.75, 3.05) is 5.32 Å². The van der Waals surface area contributed by atoms with E-state index in [1.165, 1.54) is 6.92 Å². The SMILES string of the molecule is CC(=O)NC(C)C(=O)Nc1ccc2c(ccn2CC(=O)O)c1. The molecule has 0 saturated heterocycles. The Kier molecular flexibility index (Phi) is 4.45. The van der Waals surface area contributed by atoms with Gasteiger partial charge in [-0.25, -0.2) is 0 Å². The van der Waals surface area contributed by atoms with Crippen molar-refractivity contribution in [3.63, 3.8) is 0 Å². The fourth-order valence-corrected chi connectivity index (χ4v) is 2.18. The molecule has 22 heavy (non-hydrogen) atoms. The standard InChI is InChI=1S/C15H17N3O4/c1-9(16-10(2)19)15(22)17-12-3-4-13-11(7-12)5-6-18(13)8-14(20)21/h3-7,9H,8H2,1-2H3,(H,16,19)(H,17,22)(H,20,21). The number of carboxylic acid groups (broad SMARTS) is 1. The molecule has 116 valence electrons.